The van der Waals surface area contributed by atoms with Crippen LogP contribution in [0.15, 0.2) is 243 Å². The van der Waals surface area contributed by atoms with E-state index in [9.17, 15) is 0 Å². The zero-order valence-corrected chi connectivity index (χ0v) is 35.5. The van der Waals surface area contributed by atoms with Gasteiger partial charge >= 0.3 is 0 Å². The maximum absolute atomic E-state index is 6.73. The minimum Gasteiger partial charge on any atom is -0.457 e. The van der Waals surface area contributed by atoms with Crippen LogP contribution in [-0.2, 0) is 0 Å². The van der Waals surface area contributed by atoms with Crippen LogP contribution < -0.4 is 14.5 Å². The number of ether oxygens (including phenoxy) is 1. The Kier molecular flexibility index (Phi) is 9.50. The van der Waals surface area contributed by atoms with Crippen molar-refractivity contribution < 1.29 is 4.74 Å². The summed E-state index contributed by atoms with van der Waals surface area (Å²) in [6, 6.07) is 83.9. The minimum atomic E-state index is 0.587. The molecular weight excluding hydrogens is 793 g/mol. The zero-order chi connectivity index (χ0) is 43.1. The summed E-state index contributed by atoms with van der Waals surface area (Å²) in [5, 5.41) is 2.29. The van der Waals surface area contributed by atoms with Crippen LogP contribution in [-0.4, -0.2) is 16.2 Å². The highest BCUT2D eigenvalue weighted by molar-refractivity contribution is 6.08. The first-order valence-corrected chi connectivity index (χ1v) is 22.1. The molecule has 5 nitrogen and oxygen atoms in total. The third kappa shape index (κ3) is 6.78. The Hall–Kier alpha value is -8.67. The van der Waals surface area contributed by atoms with Crippen LogP contribution in [0.1, 0.15) is 0 Å². The van der Waals surface area contributed by atoms with Crippen LogP contribution in [0.3, 0.4) is 0 Å². The fraction of sp³-hybridized carbons (Fsp3) is 0.0167. The minimum absolute atomic E-state index is 0.587. The van der Waals surface area contributed by atoms with E-state index >= 15 is 0 Å². The largest absolute Gasteiger partial charge is 0.457 e. The van der Waals surface area contributed by atoms with Crippen molar-refractivity contribution in [2.45, 2.75) is 0 Å². The fourth-order valence-electron chi connectivity index (χ4n) is 9.66. The fourth-order valence-corrected chi connectivity index (χ4v) is 9.66. The molecule has 0 unspecified atom stereocenters. The van der Waals surface area contributed by atoms with Crippen molar-refractivity contribution in [1.29, 1.82) is 0 Å². The molecule has 0 N–H and O–H groups in total. The lowest BCUT2D eigenvalue weighted by Gasteiger charge is -2.28. The lowest BCUT2D eigenvalue weighted by molar-refractivity contribution is 0.482. The van der Waals surface area contributed by atoms with Crippen molar-refractivity contribution in [3.8, 4) is 61.7 Å². The summed E-state index contributed by atoms with van der Waals surface area (Å²) in [5.41, 5.74) is 16.9. The second-order valence-corrected chi connectivity index (χ2v) is 16.3. The number of fused-ring (bicyclic) bond motifs is 4. The predicted octanol–water partition coefficient (Wildman–Crippen LogP) is 15.9. The Balaban J connectivity index is 0.962. The van der Waals surface area contributed by atoms with Gasteiger partial charge < -0.3 is 14.5 Å². The number of pyridine rings is 1. The quantitative estimate of drug-likeness (QED) is 0.145. The second kappa shape index (κ2) is 16.2. The van der Waals surface area contributed by atoms with Gasteiger partial charge in [0.25, 0.3) is 0 Å². The van der Waals surface area contributed by atoms with Crippen LogP contribution in [0, 0.1) is 0 Å². The maximum Gasteiger partial charge on any atom is 0.145 e. The van der Waals surface area contributed by atoms with Crippen LogP contribution in [0.25, 0.3) is 72.1 Å². The summed E-state index contributed by atoms with van der Waals surface area (Å²) in [4.78, 5) is 9.70. The van der Waals surface area contributed by atoms with E-state index in [0.717, 1.165) is 67.6 Å². The molecule has 1 aliphatic heterocycles. The van der Waals surface area contributed by atoms with Gasteiger partial charge in [-0.15, -0.1) is 0 Å². The standard InChI is InChI=1S/C60H42N4O/c1-3-19-42(20-4-1)48-27-7-9-29-50(48)53-32-17-33-54(51-30-10-8-28-49(51)43-21-5-2-6-22-43)59(53)63-41-62(57-36-13-14-37-58(57)63)44-23-15-25-46(39-44)65-47-26-16-24-45(40-47)64-56-35-12-11-31-52(56)55-34-18-38-61-60(55)64/h1-40H,41H2. The van der Waals surface area contributed by atoms with Gasteiger partial charge in [-0.25, -0.2) is 4.98 Å². The van der Waals surface area contributed by atoms with Crippen molar-refractivity contribution in [1.82, 2.24) is 9.55 Å². The number of benzene rings is 9. The molecule has 12 rings (SSSR count). The number of aromatic nitrogens is 2. The molecule has 0 aliphatic carbocycles. The zero-order valence-electron chi connectivity index (χ0n) is 35.5. The molecule has 1 aliphatic rings. The van der Waals surface area contributed by atoms with Gasteiger partial charge in [0.1, 0.15) is 23.8 Å². The summed E-state index contributed by atoms with van der Waals surface area (Å²) in [5.74, 6) is 1.50. The van der Waals surface area contributed by atoms with Gasteiger partial charge in [-0.3, -0.25) is 4.57 Å². The van der Waals surface area contributed by atoms with Crippen LogP contribution >= 0.6 is 0 Å². The molecule has 0 amide bonds. The highest BCUT2D eigenvalue weighted by Gasteiger charge is 2.32. The van der Waals surface area contributed by atoms with Gasteiger partial charge in [0.15, 0.2) is 0 Å². The monoisotopic (exact) mass is 834 g/mol. The van der Waals surface area contributed by atoms with Crippen molar-refractivity contribution in [3.63, 3.8) is 0 Å². The van der Waals surface area contributed by atoms with Crippen LogP contribution in [0.4, 0.5) is 22.7 Å². The molecule has 3 heterocycles. The van der Waals surface area contributed by atoms with E-state index in [2.05, 4.69) is 227 Å². The molecule has 2 aromatic heterocycles. The highest BCUT2D eigenvalue weighted by Crippen LogP contribution is 2.52. The molecule has 0 bridgehead atoms. The number of anilines is 4. The van der Waals surface area contributed by atoms with Crippen molar-refractivity contribution in [3.05, 3.63) is 243 Å². The Morgan fingerprint density at radius 1 is 0.369 bits per heavy atom. The first kappa shape index (κ1) is 38.0. The van der Waals surface area contributed by atoms with Gasteiger partial charge in [0, 0.05) is 45.9 Å². The Morgan fingerprint density at radius 2 is 0.862 bits per heavy atom. The summed E-state index contributed by atoms with van der Waals surface area (Å²) in [6.07, 6.45) is 1.86. The third-order valence-corrected chi connectivity index (χ3v) is 12.5. The number of hydrogen-bond donors (Lipinski definition) is 0. The lowest BCUT2D eigenvalue weighted by atomic mass is 9.88. The van der Waals surface area contributed by atoms with Gasteiger partial charge in [-0.2, -0.15) is 0 Å². The smallest absolute Gasteiger partial charge is 0.145 e. The molecule has 0 saturated carbocycles. The summed E-state index contributed by atoms with van der Waals surface area (Å²) < 4.78 is 8.95. The average Bonchev–Trinajstić information content (AvgIpc) is 3.93. The normalized spacial score (nSPS) is 12.2. The number of rotatable bonds is 9. The predicted molar refractivity (Wildman–Crippen MR) is 269 cm³/mol. The van der Waals surface area contributed by atoms with Crippen molar-refractivity contribution in [2.24, 2.45) is 0 Å². The van der Waals surface area contributed by atoms with E-state index < -0.39 is 0 Å². The van der Waals surface area contributed by atoms with Gasteiger partial charge in [-0.05, 0) is 88.0 Å². The van der Waals surface area contributed by atoms with E-state index in [0.29, 0.717) is 6.67 Å². The first-order valence-electron chi connectivity index (χ1n) is 22.1. The van der Waals surface area contributed by atoms with Gasteiger partial charge in [0.2, 0.25) is 0 Å². The van der Waals surface area contributed by atoms with E-state index in [-0.39, 0.29) is 0 Å². The van der Waals surface area contributed by atoms with Crippen molar-refractivity contribution >= 4 is 44.7 Å². The molecule has 11 aromatic rings. The molecule has 0 saturated heterocycles. The molecule has 5 heteroatoms. The molecule has 308 valence electrons. The van der Waals surface area contributed by atoms with Crippen LogP contribution in [0.2, 0.25) is 0 Å². The molecule has 9 aromatic carbocycles. The van der Waals surface area contributed by atoms with E-state index in [1.54, 1.807) is 0 Å². The lowest BCUT2D eigenvalue weighted by Crippen LogP contribution is -2.25. The maximum atomic E-state index is 6.73. The summed E-state index contributed by atoms with van der Waals surface area (Å²) in [7, 11) is 0. The molecule has 0 atom stereocenters. The number of nitrogens with zero attached hydrogens (tertiary/aromatic N) is 4. The Labute approximate surface area is 378 Å². The third-order valence-electron chi connectivity index (χ3n) is 12.5. The SMILES string of the molecule is c1ccc(-c2ccccc2-c2cccc(-c3ccccc3-c3ccccc3)c2N2CN(c3cccc(Oc4cccc(-n5c6ccccc6c6cccnc65)c4)c3)c3ccccc32)cc1. The first-order chi connectivity index (χ1) is 32.3. The molecule has 0 spiro atoms. The van der Waals surface area contributed by atoms with Crippen LogP contribution in [0.5, 0.6) is 11.5 Å². The number of para-hydroxylation sites is 4. The van der Waals surface area contributed by atoms with Crippen molar-refractivity contribution in [2.75, 3.05) is 16.5 Å². The Bertz CT molecular complexity index is 3370. The van der Waals surface area contributed by atoms with E-state index in [1.807, 2.05) is 30.5 Å². The topological polar surface area (TPSA) is 33.5 Å². The molecule has 65 heavy (non-hydrogen) atoms. The highest BCUT2D eigenvalue weighted by atomic mass is 16.5. The van der Waals surface area contributed by atoms with E-state index in [1.165, 1.54) is 38.8 Å². The molecular formula is C60H42N4O. The van der Waals surface area contributed by atoms with Gasteiger partial charge in [0.05, 0.1) is 28.3 Å². The summed E-state index contributed by atoms with van der Waals surface area (Å²) >= 11 is 0. The van der Waals surface area contributed by atoms with E-state index in [4.69, 9.17) is 9.72 Å². The Morgan fingerprint density at radius 3 is 1.52 bits per heavy atom. The van der Waals surface area contributed by atoms with Gasteiger partial charge in [-0.1, -0.05) is 170 Å². The second-order valence-electron chi connectivity index (χ2n) is 16.3. The molecule has 0 radical (unpaired) electrons. The average molecular weight is 835 g/mol. The number of hydrogen-bond acceptors (Lipinski definition) is 4. The molecule has 0 fully saturated rings. The summed E-state index contributed by atoms with van der Waals surface area (Å²) in [6.45, 7) is 0.587.